The van der Waals surface area contributed by atoms with Crippen LogP contribution < -0.4 is 0 Å². The summed E-state index contributed by atoms with van der Waals surface area (Å²) in [6, 6.07) is 2.10. The highest BCUT2D eigenvalue weighted by atomic mass is 16.3. The van der Waals surface area contributed by atoms with Crippen molar-refractivity contribution < 1.29 is 15.0 Å². The maximum absolute atomic E-state index is 9.24. The SMILES string of the molecule is Cc1ncc(CN(CCO)Cc2cc(C(C)(C)C)n[nH]2)[nH]1.O=CO. The van der Waals surface area contributed by atoms with E-state index >= 15 is 0 Å². The summed E-state index contributed by atoms with van der Waals surface area (Å²) in [6.45, 7) is 10.3. The number of hydrogen-bond donors (Lipinski definition) is 4. The van der Waals surface area contributed by atoms with Gasteiger partial charge in [-0.25, -0.2) is 4.98 Å². The number of aromatic amines is 2. The molecule has 2 aromatic rings. The van der Waals surface area contributed by atoms with E-state index in [1.165, 1.54) is 0 Å². The molecule has 0 saturated heterocycles. The highest BCUT2D eigenvalue weighted by molar-refractivity contribution is 5.32. The van der Waals surface area contributed by atoms with E-state index in [1.54, 1.807) is 0 Å². The van der Waals surface area contributed by atoms with Gasteiger partial charge in [0.1, 0.15) is 5.82 Å². The molecule has 0 atom stereocenters. The number of hydrogen-bond acceptors (Lipinski definition) is 5. The molecule has 4 N–H and O–H groups in total. The van der Waals surface area contributed by atoms with Crippen molar-refractivity contribution >= 4 is 6.47 Å². The molecular formula is C16H27N5O3. The van der Waals surface area contributed by atoms with Crippen molar-refractivity contribution in [2.75, 3.05) is 13.2 Å². The average Bonchev–Trinajstić information content (AvgIpc) is 3.09. The van der Waals surface area contributed by atoms with Crippen molar-refractivity contribution in [1.29, 1.82) is 0 Å². The molecule has 0 aliphatic carbocycles. The molecule has 8 nitrogen and oxygen atoms in total. The summed E-state index contributed by atoms with van der Waals surface area (Å²) < 4.78 is 0. The zero-order valence-corrected chi connectivity index (χ0v) is 14.7. The second-order valence-electron chi connectivity index (χ2n) is 6.56. The number of carboxylic acid groups (broad SMARTS) is 1. The van der Waals surface area contributed by atoms with Crippen LogP contribution in [0.25, 0.3) is 0 Å². The quantitative estimate of drug-likeness (QED) is 0.592. The number of aliphatic hydroxyl groups is 1. The molecule has 8 heteroatoms. The summed E-state index contributed by atoms with van der Waals surface area (Å²) in [7, 11) is 0. The lowest BCUT2D eigenvalue weighted by molar-refractivity contribution is -0.122. The third-order valence-electron chi connectivity index (χ3n) is 3.36. The van der Waals surface area contributed by atoms with Gasteiger partial charge in [0.05, 0.1) is 12.3 Å². The van der Waals surface area contributed by atoms with Gasteiger partial charge in [-0.15, -0.1) is 0 Å². The Morgan fingerprint density at radius 3 is 2.38 bits per heavy atom. The molecule has 2 rings (SSSR count). The molecule has 2 heterocycles. The summed E-state index contributed by atoms with van der Waals surface area (Å²) in [4.78, 5) is 17.9. The van der Waals surface area contributed by atoms with Crippen LogP contribution in [0.1, 0.15) is 43.7 Å². The van der Waals surface area contributed by atoms with Gasteiger partial charge in [0.25, 0.3) is 6.47 Å². The van der Waals surface area contributed by atoms with E-state index in [2.05, 4.69) is 51.9 Å². The zero-order chi connectivity index (χ0) is 18.2. The van der Waals surface area contributed by atoms with Crippen LogP contribution in [0.15, 0.2) is 12.3 Å². The Hall–Kier alpha value is -2.19. The van der Waals surface area contributed by atoms with Crippen molar-refractivity contribution in [3.05, 3.63) is 35.2 Å². The Morgan fingerprint density at radius 1 is 1.29 bits per heavy atom. The number of aryl methyl sites for hydroxylation is 1. The maximum Gasteiger partial charge on any atom is 0.290 e. The van der Waals surface area contributed by atoms with E-state index in [4.69, 9.17) is 9.90 Å². The fraction of sp³-hybridized carbons (Fsp3) is 0.562. The van der Waals surface area contributed by atoms with Crippen molar-refractivity contribution in [3.63, 3.8) is 0 Å². The molecular weight excluding hydrogens is 310 g/mol. The van der Waals surface area contributed by atoms with Gasteiger partial charge >= 0.3 is 0 Å². The van der Waals surface area contributed by atoms with Crippen molar-refractivity contribution in [2.45, 2.75) is 46.2 Å². The van der Waals surface area contributed by atoms with Gasteiger partial charge in [0.2, 0.25) is 0 Å². The van der Waals surface area contributed by atoms with E-state index in [9.17, 15) is 5.11 Å². The Bertz CT molecular complexity index is 615. The molecule has 2 aromatic heterocycles. The number of imidazole rings is 1. The average molecular weight is 337 g/mol. The van der Waals surface area contributed by atoms with E-state index in [0.717, 1.165) is 36.0 Å². The first-order valence-electron chi connectivity index (χ1n) is 7.76. The second-order valence-corrected chi connectivity index (χ2v) is 6.56. The van der Waals surface area contributed by atoms with Crippen LogP contribution in [0.5, 0.6) is 0 Å². The monoisotopic (exact) mass is 337 g/mol. The van der Waals surface area contributed by atoms with Crippen molar-refractivity contribution in [1.82, 2.24) is 25.1 Å². The second kappa shape index (κ2) is 9.19. The molecule has 134 valence electrons. The van der Waals surface area contributed by atoms with Gasteiger partial charge in [-0.1, -0.05) is 20.8 Å². The number of H-pyrrole nitrogens is 2. The molecule has 24 heavy (non-hydrogen) atoms. The van der Waals surface area contributed by atoms with Gasteiger partial charge in [-0.3, -0.25) is 14.8 Å². The third-order valence-corrected chi connectivity index (χ3v) is 3.36. The van der Waals surface area contributed by atoms with Crippen LogP contribution in [-0.2, 0) is 23.3 Å². The smallest absolute Gasteiger partial charge is 0.290 e. The number of nitrogens with zero attached hydrogens (tertiary/aromatic N) is 3. The number of aromatic nitrogens is 4. The van der Waals surface area contributed by atoms with Crippen LogP contribution in [0.3, 0.4) is 0 Å². The largest absolute Gasteiger partial charge is 0.483 e. The van der Waals surface area contributed by atoms with Crippen LogP contribution in [-0.4, -0.2) is 54.9 Å². The summed E-state index contributed by atoms with van der Waals surface area (Å²) in [5.74, 6) is 0.908. The number of nitrogens with one attached hydrogen (secondary N) is 2. The van der Waals surface area contributed by atoms with Gasteiger partial charge in [-0.05, 0) is 13.0 Å². The highest BCUT2D eigenvalue weighted by Gasteiger charge is 2.18. The number of rotatable bonds is 6. The van der Waals surface area contributed by atoms with E-state index in [0.29, 0.717) is 6.54 Å². The Kier molecular flexibility index (Phi) is 7.60. The molecule has 0 unspecified atom stereocenters. The number of carbonyl (C=O) groups is 1. The zero-order valence-electron chi connectivity index (χ0n) is 14.7. The summed E-state index contributed by atoms with van der Waals surface area (Å²) in [5.41, 5.74) is 3.21. The van der Waals surface area contributed by atoms with Crippen LogP contribution in [0, 0.1) is 6.92 Å². The minimum Gasteiger partial charge on any atom is -0.483 e. The van der Waals surface area contributed by atoms with E-state index in [-0.39, 0.29) is 18.5 Å². The highest BCUT2D eigenvalue weighted by Crippen LogP contribution is 2.20. The van der Waals surface area contributed by atoms with Gasteiger partial charge in [0, 0.05) is 42.6 Å². The molecule has 0 radical (unpaired) electrons. The first-order valence-corrected chi connectivity index (χ1v) is 7.76. The summed E-state index contributed by atoms with van der Waals surface area (Å²) >= 11 is 0. The fourth-order valence-corrected chi connectivity index (χ4v) is 2.22. The summed E-state index contributed by atoms with van der Waals surface area (Å²) in [6.07, 6.45) is 1.84. The maximum atomic E-state index is 9.24. The van der Waals surface area contributed by atoms with Crippen molar-refractivity contribution in [3.8, 4) is 0 Å². The molecule has 0 saturated carbocycles. The molecule has 0 fully saturated rings. The lowest BCUT2D eigenvalue weighted by Gasteiger charge is -2.19. The Morgan fingerprint density at radius 2 is 1.92 bits per heavy atom. The lowest BCUT2D eigenvalue weighted by atomic mass is 9.92. The third kappa shape index (κ3) is 6.51. The van der Waals surface area contributed by atoms with Crippen LogP contribution in [0.4, 0.5) is 0 Å². The molecule has 0 aliphatic heterocycles. The van der Waals surface area contributed by atoms with Gasteiger partial charge < -0.3 is 15.2 Å². The Balaban J connectivity index is 0.000000891. The molecule has 0 aliphatic rings. The predicted octanol–water partition coefficient (Wildman–Crippen LogP) is 1.43. The fourth-order valence-electron chi connectivity index (χ4n) is 2.22. The van der Waals surface area contributed by atoms with Gasteiger partial charge in [0.15, 0.2) is 0 Å². The predicted molar refractivity (Wildman–Crippen MR) is 90.5 cm³/mol. The normalized spacial score (nSPS) is 11.2. The number of aliphatic hydroxyl groups excluding tert-OH is 1. The lowest BCUT2D eigenvalue weighted by Crippen LogP contribution is -2.26. The van der Waals surface area contributed by atoms with Crippen LogP contribution in [0.2, 0.25) is 0 Å². The first kappa shape index (κ1) is 19.9. The standard InChI is InChI=1S/C15H25N5O.CH2O2/c1-11-16-8-13(17-11)10-20(5-6-21)9-12-7-14(19-18-12)15(2,3)4;2-1-3/h7-8,21H,5-6,9-10H2,1-4H3,(H,16,17)(H,18,19);1H,(H,2,3). The molecule has 0 aromatic carbocycles. The molecule has 0 bridgehead atoms. The van der Waals surface area contributed by atoms with E-state index < -0.39 is 0 Å². The Labute approximate surface area is 141 Å². The molecule has 0 spiro atoms. The molecule has 0 amide bonds. The van der Waals surface area contributed by atoms with Gasteiger partial charge in [-0.2, -0.15) is 5.10 Å². The van der Waals surface area contributed by atoms with E-state index in [1.807, 2.05) is 13.1 Å². The minimum atomic E-state index is -0.250. The first-order chi connectivity index (χ1) is 11.3. The minimum absolute atomic E-state index is 0.0387. The van der Waals surface area contributed by atoms with Crippen molar-refractivity contribution in [2.24, 2.45) is 0 Å². The summed E-state index contributed by atoms with van der Waals surface area (Å²) in [5, 5.41) is 23.6. The van der Waals surface area contributed by atoms with Crippen LogP contribution >= 0.6 is 0 Å². The topological polar surface area (TPSA) is 118 Å².